The van der Waals surface area contributed by atoms with Crippen LogP contribution in [0.4, 0.5) is 0 Å². The molecule has 2 amide bonds. The number of carbonyl (C=O) groups excluding carboxylic acids is 2. The Labute approximate surface area is 190 Å². The van der Waals surface area contributed by atoms with E-state index in [0.717, 1.165) is 25.3 Å². The summed E-state index contributed by atoms with van der Waals surface area (Å²) in [6.07, 6.45) is 6.89. The number of hydrogen-bond donors (Lipinski definition) is 2. The maximum atomic E-state index is 12.7. The maximum absolute atomic E-state index is 12.7. The molecule has 2 bridgehead atoms. The minimum Gasteiger partial charge on any atom is -0.374 e. The number of allylic oxidation sites excluding steroid dienone is 2. The average molecular weight is 439 g/mol. The minimum absolute atomic E-state index is 0.0316. The molecule has 2 aliphatic carbocycles. The fourth-order valence-corrected chi connectivity index (χ4v) is 5.21. The molecule has 1 aromatic rings. The van der Waals surface area contributed by atoms with Crippen molar-refractivity contribution in [1.29, 1.82) is 0 Å². The van der Waals surface area contributed by atoms with Crippen molar-refractivity contribution in [2.24, 2.45) is 28.7 Å². The molecule has 172 valence electrons. The Bertz CT molecular complexity index is 839. The molecule has 32 heavy (non-hydrogen) atoms. The van der Waals surface area contributed by atoms with Crippen molar-refractivity contribution in [2.75, 3.05) is 33.3 Å². The number of nitrogens with zero attached hydrogens (tertiary/aromatic N) is 2. The van der Waals surface area contributed by atoms with Crippen LogP contribution in [-0.4, -0.2) is 56.0 Å². The van der Waals surface area contributed by atoms with Crippen LogP contribution in [-0.2, 0) is 14.3 Å². The SMILES string of the molecule is CN=C(NCCCOC(C)c1ccccc1)NCCCN1C(=O)C2C3C=CC(C3)C2C1=O. The maximum Gasteiger partial charge on any atom is 0.233 e. The van der Waals surface area contributed by atoms with Gasteiger partial charge in [0.15, 0.2) is 5.96 Å². The van der Waals surface area contributed by atoms with Crippen molar-refractivity contribution >= 4 is 17.8 Å². The normalized spacial score (nSPS) is 27.2. The van der Waals surface area contributed by atoms with Gasteiger partial charge in [0.2, 0.25) is 11.8 Å². The van der Waals surface area contributed by atoms with Crippen molar-refractivity contribution in [3.05, 3.63) is 48.0 Å². The number of hydrogen-bond acceptors (Lipinski definition) is 4. The predicted octanol–water partition coefficient (Wildman–Crippen LogP) is 2.52. The average Bonchev–Trinajstić information content (AvgIpc) is 3.50. The van der Waals surface area contributed by atoms with Crippen LogP contribution in [0.1, 0.15) is 37.9 Å². The number of imide groups is 1. The highest BCUT2D eigenvalue weighted by atomic mass is 16.5. The van der Waals surface area contributed by atoms with Crippen molar-refractivity contribution in [3.8, 4) is 0 Å². The Kier molecular flexibility index (Phi) is 7.25. The van der Waals surface area contributed by atoms with E-state index in [2.05, 4.69) is 46.8 Å². The number of benzene rings is 1. The summed E-state index contributed by atoms with van der Waals surface area (Å²) in [5.74, 6) is 1.12. The molecule has 5 unspecified atom stereocenters. The van der Waals surface area contributed by atoms with E-state index < -0.39 is 0 Å². The van der Waals surface area contributed by atoms with Gasteiger partial charge >= 0.3 is 0 Å². The molecule has 2 N–H and O–H groups in total. The number of likely N-dealkylation sites (tertiary alicyclic amines) is 1. The van der Waals surface area contributed by atoms with Gasteiger partial charge in [0.1, 0.15) is 0 Å². The quantitative estimate of drug-likeness (QED) is 0.193. The lowest BCUT2D eigenvalue weighted by molar-refractivity contribution is -0.140. The summed E-state index contributed by atoms with van der Waals surface area (Å²) in [4.78, 5) is 31.2. The number of amides is 2. The van der Waals surface area contributed by atoms with Crippen LogP contribution in [0.2, 0.25) is 0 Å². The molecule has 1 saturated carbocycles. The molecular formula is C25H34N4O3. The van der Waals surface area contributed by atoms with Crippen LogP contribution in [0.15, 0.2) is 47.5 Å². The van der Waals surface area contributed by atoms with Crippen LogP contribution in [0.25, 0.3) is 0 Å². The van der Waals surface area contributed by atoms with Gasteiger partial charge in [0.05, 0.1) is 17.9 Å². The van der Waals surface area contributed by atoms with Crippen LogP contribution in [0.3, 0.4) is 0 Å². The van der Waals surface area contributed by atoms with Gasteiger partial charge in [-0.05, 0) is 43.6 Å². The number of fused-ring (bicyclic) bond motifs is 5. The smallest absolute Gasteiger partial charge is 0.233 e. The molecule has 0 spiro atoms. The summed E-state index contributed by atoms with van der Waals surface area (Å²) in [7, 11) is 1.74. The first-order chi connectivity index (χ1) is 15.6. The van der Waals surface area contributed by atoms with Crippen molar-refractivity contribution < 1.29 is 14.3 Å². The second-order valence-corrected chi connectivity index (χ2v) is 8.88. The van der Waals surface area contributed by atoms with Gasteiger partial charge in [-0.1, -0.05) is 42.5 Å². The lowest BCUT2D eigenvalue weighted by Gasteiger charge is -2.18. The van der Waals surface area contributed by atoms with E-state index in [-0.39, 0.29) is 41.6 Å². The molecule has 5 atom stereocenters. The molecule has 0 radical (unpaired) electrons. The molecule has 1 aliphatic heterocycles. The fourth-order valence-electron chi connectivity index (χ4n) is 5.21. The Morgan fingerprint density at radius 2 is 1.69 bits per heavy atom. The molecule has 4 rings (SSSR count). The monoisotopic (exact) mass is 438 g/mol. The van der Waals surface area contributed by atoms with Gasteiger partial charge in [-0.3, -0.25) is 19.5 Å². The standard InChI is InChI=1S/C25H34N4O3/c1-17(18-8-4-3-5-9-18)32-15-7-13-28-25(26-2)27-12-6-14-29-23(30)21-19-10-11-20(16-19)22(21)24(29)31/h3-5,8-11,17,19-22H,6-7,12-16H2,1-2H3,(H2,26,27,28). The lowest BCUT2D eigenvalue weighted by Crippen LogP contribution is -2.40. The van der Waals surface area contributed by atoms with Gasteiger partial charge in [-0.15, -0.1) is 0 Å². The summed E-state index contributed by atoms with van der Waals surface area (Å²) in [6.45, 7) is 4.60. The van der Waals surface area contributed by atoms with Crippen LogP contribution in [0, 0.1) is 23.7 Å². The summed E-state index contributed by atoms with van der Waals surface area (Å²) in [5.41, 5.74) is 1.18. The third kappa shape index (κ3) is 4.72. The van der Waals surface area contributed by atoms with Gasteiger partial charge in [0, 0.05) is 33.3 Å². The summed E-state index contributed by atoms with van der Waals surface area (Å²) in [5, 5.41) is 6.55. The molecule has 7 nitrogen and oxygen atoms in total. The number of guanidine groups is 1. The molecule has 3 aliphatic rings. The van der Waals surface area contributed by atoms with Gasteiger partial charge in [-0.2, -0.15) is 0 Å². The van der Waals surface area contributed by atoms with Gasteiger partial charge < -0.3 is 15.4 Å². The topological polar surface area (TPSA) is 83.0 Å². The van der Waals surface area contributed by atoms with Crippen LogP contribution < -0.4 is 10.6 Å². The zero-order valence-electron chi connectivity index (χ0n) is 19.0. The Morgan fingerprint density at radius 1 is 1.06 bits per heavy atom. The van der Waals surface area contributed by atoms with E-state index in [1.165, 1.54) is 10.5 Å². The highest BCUT2D eigenvalue weighted by Gasteiger charge is 2.58. The zero-order chi connectivity index (χ0) is 22.5. The van der Waals surface area contributed by atoms with Crippen molar-refractivity contribution in [2.45, 2.75) is 32.3 Å². The summed E-state index contributed by atoms with van der Waals surface area (Å²) < 4.78 is 5.90. The third-order valence-corrected chi connectivity index (χ3v) is 6.89. The van der Waals surface area contributed by atoms with E-state index >= 15 is 0 Å². The van der Waals surface area contributed by atoms with E-state index in [1.54, 1.807) is 7.05 Å². The Morgan fingerprint density at radius 3 is 2.31 bits per heavy atom. The molecule has 1 aromatic carbocycles. The summed E-state index contributed by atoms with van der Waals surface area (Å²) >= 11 is 0. The fraction of sp³-hybridized carbons (Fsp3) is 0.560. The molecule has 2 fully saturated rings. The highest BCUT2D eigenvalue weighted by molar-refractivity contribution is 6.06. The predicted molar refractivity (Wildman–Crippen MR) is 124 cm³/mol. The molecular weight excluding hydrogens is 404 g/mol. The number of aliphatic imine (C=N–C) groups is 1. The summed E-state index contributed by atoms with van der Waals surface area (Å²) in [6, 6.07) is 10.2. The Balaban J connectivity index is 1.10. The third-order valence-electron chi connectivity index (χ3n) is 6.89. The van der Waals surface area contributed by atoms with E-state index in [4.69, 9.17) is 4.74 Å². The molecule has 1 saturated heterocycles. The second-order valence-electron chi connectivity index (χ2n) is 8.88. The first kappa shape index (κ1) is 22.5. The number of ether oxygens (including phenoxy) is 1. The van der Waals surface area contributed by atoms with Gasteiger partial charge in [0.25, 0.3) is 0 Å². The largest absolute Gasteiger partial charge is 0.374 e. The first-order valence-corrected chi connectivity index (χ1v) is 11.7. The molecule has 7 heteroatoms. The van der Waals surface area contributed by atoms with Crippen LogP contribution >= 0.6 is 0 Å². The van der Waals surface area contributed by atoms with Crippen molar-refractivity contribution in [3.63, 3.8) is 0 Å². The highest BCUT2D eigenvalue weighted by Crippen LogP contribution is 2.52. The second kappa shape index (κ2) is 10.3. The van der Waals surface area contributed by atoms with Crippen molar-refractivity contribution in [1.82, 2.24) is 15.5 Å². The molecule has 0 aromatic heterocycles. The number of carbonyl (C=O) groups is 2. The van der Waals surface area contributed by atoms with Crippen LogP contribution in [0.5, 0.6) is 0 Å². The number of nitrogens with one attached hydrogen (secondary N) is 2. The van der Waals surface area contributed by atoms with E-state index in [1.807, 2.05) is 18.2 Å². The minimum atomic E-state index is -0.105. The first-order valence-electron chi connectivity index (χ1n) is 11.7. The van der Waals surface area contributed by atoms with E-state index in [9.17, 15) is 9.59 Å². The molecule has 1 heterocycles. The number of rotatable bonds is 10. The van der Waals surface area contributed by atoms with E-state index in [0.29, 0.717) is 26.1 Å². The van der Waals surface area contributed by atoms with Gasteiger partial charge in [-0.25, -0.2) is 0 Å². The lowest BCUT2D eigenvalue weighted by atomic mass is 9.85. The Hall–Kier alpha value is -2.67. The zero-order valence-corrected chi connectivity index (χ0v) is 19.0.